The van der Waals surface area contributed by atoms with Crippen molar-refractivity contribution in [3.8, 4) is 5.75 Å². The van der Waals surface area contributed by atoms with Gasteiger partial charge in [0, 0.05) is 11.4 Å². The summed E-state index contributed by atoms with van der Waals surface area (Å²) in [5.41, 5.74) is 8.79. The molecule has 2 heteroatoms. The smallest absolute Gasteiger partial charge is 0.119 e. The van der Waals surface area contributed by atoms with Crippen molar-refractivity contribution in [2.45, 2.75) is 34.6 Å². The molecular formula is C18H23NO. The molecule has 0 saturated heterocycles. The molecule has 0 bridgehead atoms. The number of methoxy groups -OCH3 is 1. The maximum Gasteiger partial charge on any atom is 0.119 e. The molecule has 106 valence electrons. The first-order chi connectivity index (χ1) is 9.43. The highest BCUT2D eigenvalue weighted by Gasteiger charge is 2.10. The average molecular weight is 269 g/mol. The molecule has 20 heavy (non-hydrogen) atoms. The molecular weight excluding hydrogens is 246 g/mol. The van der Waals surface area contributed by atoms with E-state index in [0.29, 0.717) is 0 Å². The van der Waals surface area contributed by atoms with Crippen LogP contribution in [-0.4, -0.2) is 7.11 Å². The molecule has 0 aliphatic rings. The maximum absolute atomic E-state index is 5.26. The molecule has 2 aromatic carbocycles. The third-order valence-corrected chi connectivity index (χ3v) is 4.06. The topological polar surface area (TPSA) is 21.3 Å². The summed E-state index contributed by atoms with van der Waals surface area (Å²) < 4.78 is 5.26. The number of nitrogens with one attached hydrogen (secondary N) is 1. The van der Waals surface area contributed by atoms with Crippen molar-refractivity contribution >= 4 is 11.4 Å². The van der Waals surface area contributed by atoms with Gasteiger partial charge in [0.1, 0.15) is 5.75 Å². The summed E-state index contributed by atoms with van der Waals surface area (Å²) in [7, 11) is 1.69. The van der Waals surface area contributed by atoms with Gasteiger partial charge in [-0.2, -0.15) is 0 Å². The zero-order valence-electron chi connectivity index (χ0n) is 13.2. The van der Waals surface area contributed by atoms with Crippen molar-refractivity contribution in [2.24, 2.45) is 0 Å². The minimum atomic E-state index is 0.891. The molecule has 0 atom stereocenters. The summed E-state index contributed by atoms with van der Waals surface area (Å²) in [6.07, 6.45) is 0. The van der Waals surface area contributed by atoms with Crippen LogP contribution in [0.3, 0.4) is 0 Å². The molecule has 0 amide bonds. The number of benzene rings is 2. The molecule has 2 aromatic rings. The standard InChI is InChI=1S/C18H23NO/c1-11-9-12(2)15(5)18(14(11)4)19-17-8-7-16(20-6)10-13(17)3/h7-10,19H,1-6H3. The number of rotatable bonds is 3. The van der Waals surface area contributed by atoms with Gasteiger partial charge in [-0.25, -0.2) is 0 Å². The van der Waals surface area contributed by atoms with E-state index in [4.69, 9.17) is 4.74 Å². The van der Waals surface area contributed by atoms with E-state index in [9.17, 15) is 0 Å². The van der Waals surface area contributed by atoms with Crippen molar-refractivity contribution in [3.05, 3.63) is 52.1 Å². The highest BCUT2D eigenvalue weighted by atomic mass is 16.5. The lowest BCUT2D eigenvalue weighted by molar-refractivity contribution is 0.414. The molecule has 0 fully saturated rings. The summed E-state index contributed by atoms with van der Waals surface area (Å²) >= 11 is 0. The fraction of sp³-hybridized carbons (Fsp3) is 0.333. The van der Waals surface area contributed by atoms with Crippen LogP contribution < -0.4 is 10.1 Å². The van der Waals surface area contributed by atoms with E-state index in [0.717, 1.165) is 11.4 Å². The van der Waals surface area contributed by atoms with Crippen LogP contribution in [0.4, 0.5) is 11.4 Å². The Morgan fingerprint density at radius 1 is 0.800 bits per heavy atom. The Balaban J connectivity index is 2.45. The van der Waals surface area contributed by atoms with Gasteiger partial charge >= 0.3 is 0 Å². The second-order valence-corrected chi connectivity index (χ2v) is 5.44. The van der Waals surface area contributed by atoms with Gasteiger partial charge < -0.3 is 10.1 Å². The lowest BCUT2D eigenvalue weighted by Crippen LogP contribution is -2.01. The van der Waals surface area contributed by atoms with Crippen LogP contribution in [-0.2, 0) is 0 Å². The normalized spacial score (nSPS) is 10.5. The van der Waals surface area contributed by atoms with Crippen LogP contribution in [0.15, 0.2) is 24.3 Å². The third kappa shape index (κ3) is 2.64. The molecule has 0 aromatic heterocycles. The third-order valence-electron chi connectivity index (χ3n) is 4.06. The highest BCUT2D eigenvalue weighted by molar-refractivity contribution is 5.71. The summed E-state index contributed by atoms with van der Waals surface area (Å²) in [6.45, 7) is 10.8. The quantitative estimate of drug-likeness (QED) is 0.848. The van der Waals surface area contributed by atoms with Gasteiger partial charge in [-0.3, -0.25) is 0 Å². The molecule has 1 N–H and O–H groups in total. The Bertz CT molecular complexity index is 618. The van der Waals surface area contributed by atoms with Crippen LogP contribution in [0.5, 0.6) is 5.75 Å². The van der Waals surface area contributed by atoms with Gasteiger partial charge in [0.2, 0.25) is 0 Å². The largest absolute Gasteiger partial charge is 0.497 e. The van der Waals surface area contributed by atoms with E-state index in [1.165, 1.54) is 33.5 Å². The van der Waals surface area contributed by atoms with Gasteiger partial charge in [0.05, 0.1) is 7.11 Å². The number of aryl methyl sites for hydroxylation is 3. The monoisotopic (exact) mass is 269 g/mol. The fourth-order valence-electron chi connectivity index (χ4n) is 2.44. The number of anilines is 2. The molecule has 0 aliphatic heterocycles. The predicted molar refractivity (Wildman–Crippen MR) is 86.4 cm³/mol. The van der Waals surface area contributed by atoms with E-state index in [2.05, 4.69) is 58.1 Å². The molecule has 0 spiro atoms. The number of ether oxygens (including phenoxy) is 1. The summed E-state index contributed by atoms with van der Waals surface area (Å²) in [5, 5.41) is 3.59. The first-order valence-corrected chi connectivity index (χ1v) is 6.93. The average Bonchev–Trinajstić information content (AvgIpc) is 2.42. The molecule has 2 rings (SSSR count). The van der Waals surface area contributed by atoms with E-state index in [1.54, 1.807) is 7.11 Å². The fourth-order valence-corrected chi connectivity index (χ4v) is 2.44. The van der Waals surface area contributed by atoms with Crippen LogP contribution in [0.2, 0.25) is 0 Å². The van der Waals surface area contributed by atoms with Crippen LogP contribution >= 0.6 is 0 Å². The van der Waals surface area contributed by atoms with Gasteiger partial charge in [-0.1, -0.05) is 6.07 Å². The van der Waals surface area contributed by atoms with Crippen LogP contribution in [0, 0.1) is 34.6 Å². The second-order valence-electron chi connectivity index (χ2n) is 5.44. The van der Waals surface area contributed by atoms with Crippen molar-refractivity contribution < 1.29 is 4.74 Å². The predicted octanol–water partition coefficient (Wildman–Crippen LogP) is 4.98. The minimum absolute atomic E-state index is 0.891. The maximum atomic E-state index is 5.26. The van der Waals surface area contributed by atoms with Crippen LogP contribution in [0.25, 0.3) is 0 Å². The second kappa shape index (κ2) is 5.58. The Morgan fingerprint density at radius 2 is 1.40 bits per heavy atom. The SMILES string of the molecule is COc1ccc(Nc2c(C)c(C)cc(C)c2C)c(C)c1. The Morgan fingerprint density at radius 3 is 1.90 bits per heavy atom. The van der Waals surface area contributed by atoms with E-state index < -0.39 is 0 Å². The minimum Gasteiger partial charge on any atom is -0.497 e. The zero-order valence-corrected chi connectivity index (χ0v) is 13.2. The number of hydrogen-bond donors (Lipinski definition) is 1. The van der Waals surface area contributed by atoms with Crippen molar-refractivity contribution in [1.29, 1.82) is 0 Å². The molecule has 0 radical (unpaired) electrons. The lowest BCUT2D eigenvalue weighted by Gasteiger charge is -2.18. The lowest BCUT2D eigenvalue weighted by atomic mass is 9.98. The molecule has 0 unspecified atom stereocenters. The zero-order chi connectivity index (χ0) is 14.9. The summed E-state index contributed by atoms with van der Waals surface area (Å²) in [4.78, 5) is 0. The number of hydrogen-bond acceptors (Lipinski definition) is 2. The summed E-state index contributed by atoms with van der Waals surface area (Å²) in [5.74, 6) is 0.891. The van der Waals surface area contributed by atoms with Crippen molar-refractivity contribution in [1.82, 2.24) is 0 Å². The Hall–Kier alpha value is -1.96. The first kappa shape index (κ1) is 14.4. The van der Waals surface area contributed by atoms with Crippen molar-refractivity contribution in [3.63, 3.8) is 0 Å². The van der Waals surface area contributed by atoms with Gasteiger partial charge in [0.15, 0.2) is 0 Å². The molecule has 0 saturated carbocycles. The van der Waals surface area contributed by atoms with Gasteiger partial charge in [-0.15, -0.1) is 0 Å². The molecule has 2 nitrogen and oxygen atoms in total. The summed E-state index contributed by atoms with van der Waals surface area (Å²) in [6, 6.07) is 8.36. The Kier molecular flexibility index (Phi) is 4.03. The van der Waals surface area contributed by atoms with Gasteiger partial charge in [-0.05, 0) is 80.6 Å². The van der Waals surface area contributed by atoms with E-state index >= 15 is 0 Å². The van der Waals surface area contributed by atoms with Crippen molar-refractivity contribution in [2.75, 3.05) is 12.4 Å². The Labute approximate surface area is 121 Å². The van der Waals surface area contributed by atoms with Gasteiger partial charge in [0.25, 0.3) is 0 Å². The first-order valence-electron chi connectivity index (χ1n) is 6.93. The molecule has 0 heterocycles. The molecule has 0 aliphatic carbocycles. The highest BCUT2D eigenvalue weighted by Crippen LogP contribution is 2.31. The van der Waals surface area contributed by atoms with E-state index in [1.807, 2.05) is 6.07 Å². The van der Waals surface area contributed by atoms with E-state index in [-0.39, 0.29) is 0 Å². The van der Waals surface area contributed by atoms with Crippen LogP contribution in [0.1, 0.15) is 27.8 Å².